The quantitative estimate of drug-likeness (QED) is 0.0943. The zero-order valence-corrected chi connectivity index (χ0v) is 25.5. The normalized spacial score (nSPS) is 10.8. The second-order valence-corrected chi connectivity index (χ2v) is 11.0. The average Bonchev–Trinajstić information content (AvgIpc) is 3.03. The second kappa shape index (κ2) is 15.6. The summed E-state index contributed by atoms with van der Waals surface area (Å²) in [6.07, 6.45) is -0.0438. The molecule has 5 aromatic rings. The summed E-state index contributed by atoms with van der Waals surface area (Å²) in [5.41, 5.74) is 7.22. The van der Waals surface area contributed by atoms with Gasteiger partial charge in [0.2, 0.25) is 0 Å². The van der Waals surface area contributed by atoms with Crippen molar-refractivity contribution in [2.75, 3.05) is 18.1 Å². The molecule has 0 aliphatic carbocycles. The Morgan fingerprint density at radius 1 is 0.644 bits per heavy atom. The van der Waals surface area contributed by atoms with E-state index in [1.54, 1.807) is 24.3 Å². The summed E-state index contributed by atoms with van der Waals surface area (Å²) >= 11 is 0. The Bertz CT molecular complexity index is 1600. The number of aliphatic hydroxyl groups is 2. The molecule has 0 aliphatic heterocycles. The van der Waals surface area contributed by atoms with E-state index in [9.17, 15) is 20.1 Å². The number of ether oxygens (including phenoxy) is 1. The van der Waals surface area contributed by atoms with E-state index < -0.39 is 6.16 Å². The second-order valence-electron chi connectivity index (χ2n) is 11.0. The van der Waals surface area contributed by atoms with Crippen LogP contribution in [0.25, 0.3) is 0 Å². The molecule has 5 rings (SSSR count). The van der Waals surface area contributed by atoms with Crippen molar-refractivity contribution in [1.29, 1.82) is 0 Å². The lowest BCUT2D eigenvalue weighted by Crippen LogP contribution is -2.18. The highest BCUT2D eigenvalue weighted by molar-refractivity contribution is 5.77. The summed E-state index contributed by atoms with van der Waals surface area (Å²) in [7, 11) is 0. The summed E-state index contributed by atoms with van der Waals surface area (Å²) in [6, 6.07) is 40.7. The first kappa shape index (κ1) is 32.8. The molecular weight excluding hydrogens is 566 g/mol. The number of rotatable bonds is 10. The average molecular weight is 606 g/mol. The van der Waals surface area contributed by atoms with Crippen molar-refractivity contribution in [3.63, 3.8) is 0 Å². The first-order valence-corrected chi connectivity index (χ1v) is 14.8. The van der Waals surface area contributed by atoms with Gasteiger partial charge in [-0.25, -0.2) is 4.79 Å². The van der Waals surface area contributed by atoms with Crippen LogP contribution in [-0.4, -0.2) is 39.8 Å². The smallest absolute Gasteiger partial charge is 0.508 e. The van der Waals surface area contributed by atoms with E-state index in [0.29, 0.717) is 18.6 Å². The largest absolute Gasteiger partial charge is 0.511 e. The van der Waals surface area contributed by atoms with Crippen LogP contribution in [0.5, 0.6) is 11.5 Å². The Morgan fingerprint density at radius 3 is 1.58 bits per heavy atom. The van der Waals surface area contributed by atoms with Crippen LogP contribution in [0, 0.1) is 0 Å². The van der Waals surface area contributed by atoms with Crippen molar-refractivity contribution in [1.82, 2.24) is 0 Å². The molecule has 0 saturated carbocycles. The molecular formula is C38H39NO6. The van der Waals surface area contributed by atoms with Crippen LogP contribution in [0.1, 0.15) is 36.1 Å². The lowest BCUT2D eigenvalue weighted by molar-refractivity contribution is 0.144. The van der Waals surface area contributed by atoms with E-state index in [-0.39, 0.29) is 24.4 Å². The van der Waals surface area contributed by atoms with Crippen LogP contribution in [0.4, 0.5) is 21.9 Å². The minimum Gasteiger partial charge on any atom is -0.508 e. The van der Waals surface area contributed by atoms with Gasteiger partial charge in [0.15, 0.2) is 0 Å². The maximum absolute atomic E-state index is 10.5. The summed E-state index contributed by atoms with van der Waals surface area (Å²) < 4.78 is 4.59. The Morgan fingerprint density at radius 2 is 1.11 bits per heavy atom. The van der Waals surface area contributed by atoms with Crippen molar-refractivity contribution >= 4 is 23.2 Å². The van der Waals surface area contributed by atoms with Crippen LogP contribution in [-0.2, 0) is 18.3 Å². The van der Waals surface area contributed by atoms with Crippen molar-refractivity contribution < 1.29 is 30.0 Å². The highest BCUT2D eigenvalue weighted by atomic mass is 16.7. The summed E-state index contributed by atoms with van der Waals surface area (Å²) in [5.74, 6) is 0.525. The number of anilines is 3. The number of nitrogens with zero attached hydrogens (tertiary/aromatic N) is 1. The third-order valence-electron chi connectivity index (χ3n) is 7.52. The fraction of sp³-hybridized carbons (Fsp3) is 0.184. The van der Waals surface area contributed by atoms with Gasteiger partial charge in [0.05, 0.1) is 0 Å². The molecule has 0 heterocycles. The number of hydrogen-bond acceptors (Lipinski definition) is 6. The first-order chi connectivity index (χ1) is 21.7. The zero-order valence-electron chi connectivity index (χ0n) is 25.5. The minimum absolute atomic E-state index is 0.140. The van der Waals surface area contributed by atoms with Gasteiger partial charge in [-0.15, -0.1) is 0 Å². The van der Waals surface area contributed by atoms with Crippen molar-refractivity contribution in [3.8, 4) is 11.5 Å². The lowest BCUT2D eigenvalue weighted by Gasteiger charge is -2.26. The number of benzene rings is 5. The number of para-hydroxylation sites is 1. The van der Waals surface area contributed by atoms with E-state index >= 15 is 0 Å². The predicted octanol–water partition coefficient (Wildman–Crippen LogP) is 8.00. The van der Waals surface area contributed by atoms with Crippen molar-refractivity contribution in [2.24, 2.45) is 0 Å². The fourth-order valence-corrected chi connectivity index (χ4v) is 5.07. The van der Waals surface area contributed by atoms with Gasteiger partial charge in [-0.05, 0) is 95.8 Å². The molecule has 0 unspecified atom stereocenters. The molecule has 45 heavy (non-hydrogen) atoms. The SMILES string of the molecule is CC(C)(c1ccc(O)cc1)c1ccc(OC(=O)O)cc1.OCCc1cccc(N(c2ccccc2)c2cccc(CCO)c2)c1. The molecule has 232 valence electrons. The van der Waals surface area contributed by atoms with E-state index in [4.69, 9.17) is 5.11 Å². The number of hydrogen-bond donors (Lipinski definition) is 4. The topological polar surface area (TPSA) is 110 Å². The highest BCUT2D eigenvalue weighted by Gasteiger charge is 2.23. The molecule has 0 aliphatic rings. The fourth-order valence-electron chi connectivity index (χ4n) is 5.07. The third-order valence-corrected chi connectivity index (χ3v) is 7.52. The van der Waals surface area contributed by atoms with E-state index in [0.717, 1.165) is 39.3 Å². The van der Waals surface area contributed by atoms with Gasteiger partial charge < -0.3 is 30.1 Å². The van der Waals surface area contributed by atoms with Gasteiger partial charge in [0.25, 0.3) is 0 Å². The standard InChI is InChI=1S/C22H23NO2.C16H16O4/c24-14-12-18-6-4-10-21(16-18)23(20-8-2-1-3-9-20)22-11-5-7-19(17-22)13-15-25;1-16(2,11-3-7-13(17)8-4-11)12-5-9-14(10-6-12)20-15(18)19/h1-11,16-17,24-25H,12-15H2;3-10,17H,1-2H3,(H,18,19). The van der Waals surface area contributed by atoms with Gasteiger partial charge in [0.1, 0.15) is 11.5 Å². The Hall–Kier alpha value is -5.11. The summed E-state index contributed by atoms with van der Waals surface area (Å²) in [6.45, 7) is 4.40. The molecule has 5 aromatic carbocycles. The molecule has 0 bridgehead atoms. The molecule has 0 spiro atoms. The maximum Gasteiger partial charge on any atom is 0.511 e. The molecule has 0 radical (unpaired) electrons. The zero-order chi connectivity index (χ0) is 32.2. The van der Waals surface area contributed by atoms with Crippen molar-refractivity contribution in [3.05, 3.63) is 150 Å². The van der Waals surface area contributed by atoms with E-state index in [1.807, 2.05) is 66.7 Å². The molecule has 7 nitrogen and oxygen atoms in total. The monoisotopic (exact) mass is 605 g/mol. The Labute approximate surface area is 264 Å². The summed E-state index contributed by atoms with van der Waals surface area (Å²) in [4.78, 5) is 12.7. The Kier molecular flexibility index (Phi) is 11.3. The highest BCUT2D eigenvalue weighted by Crippen LogP contribution is 2.35. The van der Waals surface area contributed by atoms with Crippen molar-refractivity contribution in [2.45, 2.75) is 32.1 Å². The molecule has 0 aromatic heterocycles. The first-order valence-electron chi connectivity index (χ1n) is 14.8. The van der Waals surface area contributed by atoms with Gasteiger partial charge >= 0.3 is 6.16 Å². The minimum atomic E-state index is -1.32. The van der Waals surface area contributed by atoms with Gasteiger partial charge in [0, 0.05) is 35.7 Å². The van der Waals surface area contributed by atoms with Gasteiger partial charge in [-0.2, -0.15) is 0 Å². The Balaban J connectivity index is 0.000000210. The predicted molar refractivity (Wildman–Crippen MR) is 178 cm³/mol. The summed E-state index contributed by atoms with van der Waals surface area (Å²) in [5, 5.41) is 36.4. The van der Waals surface area contributed by atoms with Crippen LogP contribution >= 0.6 is 0 Å². The van der Waals surface area contributed by atoms with Gasteiger partial charge in [-0.1, -0.05) is 80.6 Å². The molecule has 4 N–H and O–H groups in total. The maximum atomic E-state index is 10.5. The van der Waals surface area contributed by atoms with Crippen LogP contribution in [0.15, 0.2) is 127 Å². The molecule has 0 amide bonds. The van der Waals surface area contributed by atoms with E-state index in [2.05, 4.69) is 59.9 Å². The van der Waals surface area contributed by atoms with Crippen LogP contribution in [0.3, 0.4) is 0 Å². The number of aliphatic hydroxyl groups excluding tert-OH is 2. The molecule has 0 saturated heterocycles. The lowest BCUT2D eigenvalue weighted by atomic mass is 9.78. The van der Waals surface area contributed by atoms with Crippen LogP contribution in [0.2, 0.25) is 0 Å². The van der Waals surface area contributed by atoms with E-state index in [1.165, 1.54) is 0 Å². The van der Waals surface area contributed by atoms with Gasteiger partial charge in [-0.3, -0.25) is 0 Å². The number of phenols is 1. The number of carbonyl (C=O) groups is 1. The number of carboxylic acid groups (broad SMARTS) is 1. The number of aromatic hydroxyl groups is 1. The molecule has 0 fully saturated rings. The molecule has 0 atom stereocenters. The van der Waals surface area contributed by atoms with Crippen LogP contribution < -0.4 is 9.64 Å². The number of phenolic OH excluding ortho intramolecular Hbond substituents is 1. The third kappa shape index (κ3) is 8.95. The molecule has 7 heteroatoms.